The van der Waals surface area contributed by atoms with E-state index in [0.717, 1.165) is 17.4 Å². The zero-order chi connectivity index (χ0) is 11.0. The van der Waals surface area contributed by atoms with Crippen LogP contribution in [0, 0.1) is 5.92 Å². The molecule has 1 saturated carbocycles. The van der Waals surface area contributed by atoms with Crippen LogP contribution in [0.25, 0.3) is 0 Å². The van der Waals surface area contributed by atoms with Crippen LogP contribution in [0.2, 0.25) is 0 Å². The number of carbonyl (C=O) groups is 1. The summed E-state index contributed by atoms with van der Waals surface area (Å²) < 4.78 is 5.70. The summed E-state index contributed by atoms with van der Waals surface area (Å²) in [7, 11) is 1.78. The monoisotopic (exact) mass is 207 g/mol. The van der Waals surface area contributed by atoms with Crippen molar-refractivity contribution in [3.05, 3.63) is 23.7 Å². The van der Waals surface area contributed by atoms with Gasteiger partial charge in [-0.1, -0.05) is 6.92 Å². The SMILES string of the molecule is CC(=O)N(C)Cc1ccc([C@H]2C[C@@H]2C)o1. The largest absolute Gasteiger partial charge is 0.464 e. The van der Waals surface area contributed by atoms with Crippen LogP contribution in [0.1, 0.15) is 37.7 Å². The quantitative estimate of drug-likeness (QED) is 0.762. The zero-order valence-electron chi connectivity index (χ0n) is 9.49. The molecule has 1 heterocycles. The van der Waals surface area contributed by atoms with Crippen LogP contribution in [0.4, 0.5) is 0 Å². The predicted octanol–water partition coefficient (Wildman–Crippen LogP) is 2.38. The molecule has 1 aromatic rings. The van der Waals surface area contributed by atoms with E-state index >= 15 is 0 Å². The molecule has 0 saturated heterocycles. The number of hydrogen-bond donors (Lipinski definition) is 0. The highest BCUT2D eigenvalue weighted by atomic mass is 16.3. The van der Waals surface area contributed by atoms with E-state index in [-0.39, 0.29) is 5.91 Å². The molecule has 0 radical (unpaired) electrons. The Labute approximate surface area is 90.1 Å². The fourth-order valence-corrected chi connectivity index (χ4v) is 1.74. The summed E-state index contributed by atoms with van der Waals surface area (Å²) in [6.07, 6.45) is 1.23. The first-order valence-corrected chi connectivity index (χ1v) is 5.38. The van der Waals surface area contributed by atoms with Gasteiger partial charge in [0.2, 0.25) is 5.91 Å². The van der Waals surface area contributed by atoms with Gasteiger partial charge < -0.3 is 9.32 Å². The molecule has 1 aromatic heterocycles. The topological polar surface area (TPSA) is 33.5 Å². The third-order valence-corrected chi connectivity index (χ3v) is 3.09. The van der Waals surface area contributed by atoms with E-state index in [0.29, 0.717) is 12.5 Å². The summed E-state index contributed by atoms with van der Waals surface area (Å²) in [6.45, 7) is 4.36. The smallest absolute Gasteiger partial charge is 0.219 e. The van der Waals surface area contributed by atoms with Gasteiger partial charge in [-0.25, -0.2) is 0 Å². The Morgan fingerprint density at radius 1 is 1.60 bits per heavy atom. The Balaban J connectivity index is 1.98. The summed E-state index contributed by atoms with van der Waals surface area (Å²) in [5.74, 6) is 3.39. The molecule has 82 valence electrons. The van der Waals surface area contributed by atoms with E-state index in [1.54, 1.807) is 18.9 Å². The Hall–Kier alpha value is -1.25. The van der Waals surface area contributed by atoms with Crippen LogP contribution >= 0.6 is 0 Å². The molecule has 15 heavy (non-hydrogen) atoms. The third kappa shape index (κ3) is 2.22. The van der Waals surface area contributed by atoms with Crippen molar-refractivity contribution in [2.75, 3.05) is 7.05 Å². The first-order chi connectivity index (χ1) is 7.08. The Kier molecular flexibility index (Phi) is 2.55. The lowest BCUT2D eigenvalue weighted by Crippen LogP contribution is -2.22. The second-order valence-electron chi connectivity index (χ2n) is 4.50. The maximum absolute atomic E-state index is 11.0. The molecule has 1 amide bonds. The number of nitrogens with zero attached hydrogens (tertiary/aromatic N) is 1. The summed E-state index contributed by atoms with van der Waals surface area (Å²) in [5.41, 5.74) is 0. The molecule has 1 fully saturated rings. The van der Waals surface area contributed by atoms with Gasteiger partial charge in [0.25, 0.3) is 0 Å². The average molecular weight is 207 g/mol. The van der Waals surface area contributed by atoms with Gasteiger partial charge in [-0.3, -0.25) is 4.79 Å². The van der Waals surface area contributed by atoms with Crippen molar-refractivity contribution in [2.24, 2.45) is 5.92 Å². The van der Waals surface area contributed by atoms with E-state index < -0.39 is 0 Å². The van der Waals surface area contributed by atoms with Gasteiger partial charge in [-0.2, -0.15) is 0 Å². The average Bonchev–Trinajstić information content (AvgIpc) is 2.73. The molecule has 1 aliphatic rings. The molecular formula is C12H17NO2. The van der Waals surface area contributed by atoms with Crippen LogP contribution in [0.3, 0.4) is 0 Å². The van der Waals surface area contributed by atoms with Gasteiger partial charge in [-0.05, 0) is 24.5 Å². The van der Waals surface area contributed by atoms with Crippen LogP contribution < -0.4 is 0 Å². The summed E-state index contributed by atoms with van der Waals surface area (Å²) in [4.78, 5) is 12.7. The highest BCUT2D eigenvalue weighted by Crippen LogP contribution is 2.47. The lowest BCUT2D eigenvalue weighted by molar-refractivity contribution is -0.128. The summed E-state index contributed by atoms with van der Waals surface area (Å²) >= 11 is 0. The molecule has 3 nitrogen and oxygen atoms in total. The van der Waals surface area contributed by atoms with Crippen molar-refractivity contribution in [3.63, 3.8) is 0 Å². The fraction of sp³-hybridized carbons (Fsp3) is 0.583. The van der Waals surface area contributed by atoms with Crippen LogP contribution in [0.5, 0.6) is 0 Å². The van der Waals surface area contributed by atoms with Crippen LogP contribution in [0.15, 0.2) is 16.5 Å². The van der Waals surface area contributed by atoms with E-state index in [9.17, 15) is 4.79 Å². The lowest BCUT2D eigenvalue weighted by Gasteiger charge is -2.12. The standard InChI is InChI=1S/C12H17NO2/c1-8-6-11(8)12-5-4-10(15-12)7-13(3)9(2)14/h4-5,8,11H,6-7H2,1-3H3/t8-,11-/m0/s1. The van der Waals surface area contributed by atoms with Crippen molar-refractivity contribution in [2.45, 2.75) is 32.7 Å². The first kappa shape index (κ1) is 10.3. The van der Waals surface area contributed by atoms with E-state index in [1.165, 1.54) is 6.42 Å². The Morgan fingerprint density at radius 3 is 2.80 bits per heavy atom. The maximum atomic E-state index is 11.0. The molecule has 0 spiro atoms. The van der Waals surface area contributed by atoms with Crippen LogP contribution in [-0.4, -0.2) is 17.9 Å². The van der Waals surface area contributed by atoms with Gasteiger partial charge in [0, 0.05) is 19.9 Å². The molecule has 0 aliphatic heterocycles. The van der Waals surface area contributed by atoms with Gasteiger partial charge in [0.05, 0.1) is 6.54 Å². The minimum absolute atomic E-state index is 0.0627. The van der Waals surface area contributed by atoms with Gasteiger partial charge in [0.1, 0.15) is 11.5 Å². The Bertz CT molecular complexity index is 369. The molecule has 1 aliphatic carbocycles. The lowest BCUT2D eigenvalue weighted by atomic mass is 10.3. The highest BCUT2D eigenvalue weighted by Gasteiger charge is 2.36. The number of rotatable bonds is 3. The van der Waals surface area contributed by atoms with Crippen molar-refractivity contribution < 1.29 is 9.21 Å². The minimum atomic E-state index is 0.0627. The first-order valence-electron chi connectivity index (χ1n) is 5.38. The Morgan fingerprint density at radius 2 is 2.27 bits per heavy atom. The molecule has 0 N–H and O–H groups in total. The number of carbonyl (C=O) groups excluding carboxylic acids is 1. The van der Waals surface area contributed by atoms with Crippen LogP contribution in [-0.2, 0) is 11.3 Å². The zero-order valence-corrected chi connectivity index (χ0v) is 9.49. The second-order valence-corrected chi connectivity index (χ2v) is 4.50. The molecule has 2 rings (SSSR count). The summed E-state index contributed by atoms with van der Waals surface area (Å²) in [6, 6.07) is 4.01. The number of amides is 1. The van der Waals surface area contributed by atoms with E-state index in [2.05, 4.69) is 6.92 Å². The minimum Gasteiger partial charge on any atom is -0.464 e. The number of hydrogen-bond acceptors (Lipinski definition) is 2. The van der Waals surface area contributed by atoms with Gasteiger partial charge >= 0.3 is 0 Å². The predicted molar refractivity (Wildman–Crippen MR) is 57.4 cm³/mol. The second kappa shape index (κ2) is 3.72. The van der Waals surface area contributed by atoms with Gasteiger partial charge in [0.15, 0.2) is 0 Å². The molecule has 0 unspecified atom stereocenters. The van der Waals surface area contributed by atoms with Crippen molar-refractivity contribution in [3.8, 4) is 0 Å². The third-order valence-electron chi connectivity index (χ3n) is 3.09. The van der Waals surface area contributed by atoms with Crippen molar-refractivity contribution >= 4 is 5.91 Å². The highest BCUT2D eigenvalue weighted by molar-refractivity contribution is 5.72. The molecule has 0 bridgehead atoms. The van der Waals surface area contributed by atoms with E-state index in [4.69, 9.17) is 4.42 Å². The molecular weight excluding hydrogens is 190 g/mol. The maximum Gasteiger partial charge on any atom is 0.219 e. The number of furan rings is 1. The summed E-state index contributed by atoms with van der Waals surface area (Å²) in [5, 5.41) is 0. The molecule has 3 heteroatoms. The van der Waals surface area contributed by atoms with Crippen molar-refractivity contribution in [1.29, 1.82) is 0 Å². The van der Waals surface area contributed by atoms with Crippen molar-refractivity contribution in [1.82, 2.24) is 4.90 Å². The fourth-order valence-electron chi connectivity index (χ4n) is 1.74. The van der Waals surface area contributed by atoms with E-state index in [1.807, 2.05) is 12.1 Å². The normalized spacial score (nSPS) is 23.9. The molecule has 2 atom stereocenters. The van der Waals surface area contributed by atoms with Gasteiger partial charge in [-0.15, -0.1) is 0 Å². The molecule has 0 aromatic carbocycles.